The minimum absolute atomic E-state index is 0.591. The van der Waals surface area contributed by atoms with Crippen LogP contribution in [0.3, 0.4) is 0 Å². The molecule has 0 spiro atoms. The third-order valence-electron chi connectivity index (χ3n) is 3.15. The van der Waals surface area contributed by atoms with Crippen molar-refractivity contribution in [3.8, 4) is 0 Å². The number of halogens is 1. The largest absolute Gasteiger partial charge is 0.372 e. The molecule has 0 saturated heterocycles. The molecule has 0 radical (unpaired) electrons. The fourth-order valence-electron chi connectivity index (χ4n) is 1.86. The van der Waals surface area contributed by atoms with Crippen LogP contribution in [0.1, 0.15) is 32.8 Å². The second kappa shape index (κ2) is 7.02. The van der Waals surface area contributed by atoms with E-state index in [9.17, 15) is 0 Å². The van der Waals surface area contributed by atoms with Crippen molar-refractivity contribution in [3.63, 3.8) is 0 Å². The molecule has 17 heavy (non-hydrogen) atoms. The van der Waals surface area contributed by atoms with Crippen molar-refractivity contribution < 1.29 is 0 Å². The number of hydrogen-bond donors (Lipinski definition) is 1. The highest BCUT2D eigenvalue weighted by Gasteiger charge is 2.09. The number of nitrogens with zero attached hydrogens (tertiary/aromatic N) is 1. The van der Waals surface area contributed by atoms with Gasteiger partial charge in [-0.25, -0.2) is 0 Å². The minimum Gasteiger partial charge on any atom is -0.372 e. The smallest absolute Gasteiger partial charge is 0.0380 e. The number of hydrogen-bond acceptors (Lipinski definition) is 2. The zero-order valence-electron chi connectivity index (χ0n) is 11.0. The molecule has 0 saturated carbocycles. The molecule has 96 valence electrons. The molecule has 0 aliphatic rings. The van der Waals surface area contributed by atoms with Gasteiger partial charge in [0.15, 0.2) is 0 Å². The third kappa shape index (κ3) is 4.32. The summed E-state index contributed by atoms with van der Waals surface area (Å²) in [5, 5.41) is 0. The molecule has 0 aromatic heterocycles. The Hall–Kier alpha value is -0.540. The van der Waals surface area contributed by atoms with Gasteiger partial charge in [-0.05, 0) is 36.6 Å². The Kier molecular flexibility index (Phi) is 6.00. The Balaban J connectivity index is 2.90. The molecule has 0 aliphatic carbocycles. The summed E-state index contributed by atoms with van der Waals surface area (Å²) < 4.78 is 1.11. The highest BCUT2D eigenvalue weighted by molar-refractivity contribution is 9.10. The molecule has 2 nitrogen and oxygen atoms in total. The molecular formula is C14H23BrN2. The van der Waals surface area contributed by atoms with Gasteiger partial charge < -0.3 is 10.6 Å². The van der Waals surface area contributed by atoms with E-state index in [4.69, 9.17) is 5.73 Å². The lowest BCUT2D eigenvalue weighted by Gasteiger charge is -2.27. The van der Waals surface area contributed by atoms with Crippen LogP contribution in [0.25, 0.3) is 0 Å². The van der Waals surface area contributed by atoms with Crippen LogP contribution >= 0.6 is 15.9 Å². The van der Waals surface area contributed by atoms with Crippen LogP contribution < -0.4 is 10.6 Å². The maximum atomic E-state index is 5.72. The van der Waals surface area contributed by atoms with Gasteiger partial charge in [-0.3, -0.25) is 0 Å². The lowest BCUT2D eigenvalue weighted by atomic mass is 10.1. The predicted octanol–water partition coefficient (Wildman–Crippen LogP) is 3.78. The summed E-state index contributed by atoms with van der Waals surface area (Å²) in [6, 6.07) is 6.45. The van der Waals surface area contributed by atoms with Crippen molar-refractivity contribution in [1.29, 1.82) is 0 Å². The Morgan fingerprint density at radius 3 is 2.53 bits per heavy atom. The van der Waals surface area contributed by atoms with Gasteiger partial charge in [0.05, 0.1) is 0 Å². The van der Waals surface area contributed by atoms with Crippen molar-refractivity contribution in [2.45, 2.75) is 33.7 Å². The van der Waals surface area contributed by atoms with Crippen LogP contribution in [0.4, 0.5) is 5.69 Å². The summed E-state index contributed by atoms with van der Waals surface area (Å²) in [6.07, 6.45) is 1.22. The van der Waals surface area contributed by atoms with E-state index in [0.29, 0.717) is 6.54 Å². The average Bonchev–Trinajstić information content (AvgIpc) is 2.34. The van der Waals surface area contributed by atoms with Crippen molar-refractivity contribution in [3.05, 3.63) is 28.2 Å². The monoisotopic (exact) mass is 298 g/mol. The van der Waals surface area contributed by atoms with E-state index in [-0.39, 0.29) is 0 Å². The second-order valence-corrected chi connectivity index (χ2v) is 5.49. The third-order valence-corrected chi connectivity index (χ3v) is 3.61. The van der Waals surface area contributed by atoms with Gasteiger partial charge in [-0.2, -0.15) is 0 Å². The quantitative estimate of drug-likeness (QED) is 0.866. The van der Waals surface area contributed by atoms with E-state index in [1.165, 1.54) is 17.7 Å². The van der Waals surface area contributed by atoms with E-state index in [0.717, 1.165) is 23.5 Å². The normalized spacial score (nSPS) is 12.5. The van der Waals surface area contributed by atoms with E-state index >= 15 is 0 Å². The highest BCUT2D eigenvalue weighted by atomic mass is 79.9. The molecule has 2 N–H and O–H groups in total. The molecule has 1 aromatic carbocycles. The number of anilines is 1. The van der Waals surface area contributed by atoms with Crippen molar-refractivity contribution in [1.82, 2.24) is 0 Å². The first-order valence-electron chi connectivity index (χ1n) is 6.35. The van der Waals surface area contributed by atoms with Crippen molar-refractivity contribution in [2.24, 2.45) is 11.7 Å². The van der Waals surface area contributed by atoms with Gasteiger partial charge in [-0.15, -0.1) is 0 Å². The van der Waals surface area contributed by atoms with Gasteiger partial charge in [-0.1, -0.05) is 36.2 Å². The fourth-order valence-corrected chi connectivity index (χ4v) is 2.38. The molecule has 0 heterocycles. The molecule has 1 rings (SSSR count). The van der Waals surface area contributed by atoms with E-state index in [1.54, 1.807) is 0 Å². The SMILES string of the molecule is CCC(C)CN(CC)c1cc(Br)cc(CN)c1. The number of benzene rings is 1. The first kappa shape index (κ1) is 14.5. The second-order valence-electron chi connectivity index (χ2n) is 4.57. The first-order valence-corrected chi connectivity index (χ1v) is 7.14. The molecule has 1 atom stereocenters. The molecular weight excluding hydrogens is 276 g/mol. The van der Waals surface area contributed by atoms with Gasteiger partial charge in [0.1, 0.15) is 0 Å². The van der Waals surface area contributed by atoms with Crippen molar-refractivity contribution >= 4 is 21.6 Å². The molecule has 0 amide bonds. The summed E-state index contributed by atoms with van der Waals surface area (Å²) in [6.45, 7) is 9.46. The number of nitrogens with two attached hydrogens (primary N) is 1. The Morgan fingerprint density at radius 1 is 1.29 bits per heavy atom. The molecule has 0 aliphatic heterocycles. The maximum absolute atomic E-state index is 5.72. The van der Waals surface area contributed by atoms with Crippen LogP contribution in [0, 0.1) is 5.92 Å². The Morgan fingerprint density at radius 2 is 2.00 bits per heavy atom. The van der Waals surface area contributed by atoms with E-state index < -0.39 is 0 Å². The van der Waals surface area contributed by atoms with Crippen LogP contribution in [0.15, 0.2) is 22.7 Å². The lowest BCUT2D eigenvalue weighted by molar-refractivity contribution is 0.548. The summed E-state index contributed by atoms with van der Waals surface area (Å²) in [5.41, 5.74) is 8.16. The van der Waals surface area contributed by atoms with Gasteiger partial charge in [0, 0.05) is 29.8 Å². The fraction of sp³-hybridized carbons (Fsp3) is 0.571. The van der Waals surface area contributed by atoms with Gasteiger partial charge in [0.25, 0.3) is 0 Å². The summed E-state index contributed by atoms with van der Waals surface area (Å²) >= 11 is 3.55. The standard InChI is InChI=1S/C14H23BrN2/c1-4-11(3)10-17(5-2)14-7-12(9-16)6-13(15)8-14/h6-8,11H,4-5,9-10,16H2,1-3H3. The van der Waals surface area contributed by atoms with E-state index in [1.807, 2.05) is 0 Å². The highest BCUT2D eigenvalue weighted by Crippen LogP contribution is 2.24. The molecule has 1 aromatic rings. The minimum atomic E-state index is 0.591. The predicted molar refractivity (Wildman–Crippen MR) is 79.4 cm³/mol. The zero-order chi connectivity index (χ0) is 12.8. The van der Waals surface area contributed by atoms with Crippen LogP contribution in [0.5, 0.6) is 0 Å². The maximum Gasteiger partial charge on any atom is 0.0380 e. The average molecular weight is 299 g/mol. The topological polar surface area (TPSA) is 29.3 Å². The van der Waals surface area contributed by atoms with Gasteiger partial charge >= 0.3 is 0 Å². The zero-order valence-corrected chi connectivity index (χ0v) is 12.6. The first-order chi connectivity index (χ1) is 8.10. The molecule has 1 unspecified atom stereocenters. The summed E-state index contributed by atoms with van der Waals surface area (Å²) in [5.74, 6) is 0.718. The van der Waals surface area contributed by atoms with Crippen LogP contribution in [-0.2, 0) is 6.54 Å². The van der Waals surface area contributed by atoms with Crippen molar-refractivity contribution in [2.75, 3.05) is 18.0 Å². The Labute approximate surface area is 113 Å². The number of rotatable bonds is 6. The lowest BCUT2D eigenvalue weighted by Crippen LogP contribution is -2.28. The van der Waals surface area contributed by atoms with E-state index in [2.05, 4.69) is 59.8 Å². The molecule has 3 heteroatoms. The van der Waals surface area contributed by atoms with Gasteiger partial charge in [0.2, 0.25) is 0 Å². The van der Waals surface area contributed by atoms with Crippen LogP contribution in [0.2, 0.25) is 0 Å². The summed E-state index contributed by atoms with van der Waals surface area (Å²) in [7, 11) is 0. The van der Waals surface area contributed by atoms with Crippen LogP contribution in [-0.4, -0.2) is 13.1 Å². The molecule has 0 bridgehead atoms. The Bertz CT molecular complexity index is 352. The summed E-state index contributed by atoms with van der Waals surface area (Å²) in [4.78, 5) is 2.41. The molecule has 0 fully saturated rings.